The molecule has 3 amide bonds. The molecular formula is C24H32Cl2N4O4. The number of benzene rings is 1. The minimum atomic E-state index is -0.801. The lowest BCUT2D eigenvalue weighted by Crippen LogP contribution is -2.56. The van der Waals surface area contributed by atoms with Crippen LogP contribution in [0.15, 0.2) is 29.5 Å². The molecule has 1 saturated heterocycles. The van der Waals surface area contributed by atoms with Crippen molar-refractivity contribution in [1.29, 1.82) is 0 Å². The first-order valence-corrected chi connectivity index (χ1v) is 12.2. The molecule has 8 nitrogen and oxygen atoms in total. The maximum absolute atomic E-state index is 13.2. The summed E-state index contributed by atoms with van der Waals surface area (Å²) in [7, 11) is 1.63. The Morgan fingerprint density at radius 3 is 2.56 bits per heavy atom. The summed E-state index contributed by atoms with van der Waals surface area (Å²) >= 11 is 12.7. The van der Waals surface area contributed by atoms with Gasteiger partial charge in [0.15, 0.2) is 0 Å². The minimum Gasteiger partial charge on any atom is -0.463 e. The van der Waals surface area contributed by atoms with Gasteiger partial charge in [0.05, 0.1) is 28.3 Å². The first-order chi connectivity index (χ1) is 16.1. The van der Waals surface area contributed by atoms with Crippen LogP contribution >= 0.6 is 23.2 Å². The molecular weight excluding hydrogens is 479 g/mol. The lowest BCUT2D eigenvalue weighted by molar-refractivity contribution is -0.139. The summed E-state index contributed by atoms with van der Waals surface area (Å²) in [5.41, 5.74) is 1.39. The van der Waals surface area contributed by atoms with Gasteiger partial charge in [-0.05, 0) is 25.5 Å². The van der Waals surface area contributed by atoms with Crippen LogP contribution in [0.2, 0.25) is 10.0 Å². The smallest absolute Gasteiger partial charge is 0.338 e. The van der Waals surface area contributed by atoms with E-state index in [1.54, 1.807) is 32.2 Å². The molecule has 1 N–H and O–H groups in total. The van der Waals surface area contributed by atoms with Crippen molar-refractivity contribution in [1.82, 2.24) is 20.0 Å². The number of esters is 1. The number of nitrogens with one attached hydrogen (secondary N) is 1. The topological polar surface area (TPSA) is 82.2 Å². The number of urea groups is 1. The monoisotopic (exact) mass is 510 g/mol. The molecule has 1 aromatic carbocycles. The molecule has 186 valence electrons. The fourth-order valence-electron chi connectivity index (χ4n) is 4.42. The van der Waals surface area contributed by atoms with E-state index in [1.165, 1.54) is 4.90 Å². The first-order valence-electron chi connectivity index (χ1n) is 11.5. The van der Waals surface area contributed by atoms with Gasteiger partial charge < -0.3 is 15.0 Å². The van der Waals surface area contributed by atoms with E-state index < -0.39 is 12.0 Å². The number of nitrogens with zero attached hydrogens (tertiary/aromatic N) is 3. The van der Waals surface area contributed by atoms with Gasteiger partial charge in [-0.25, -0.2) is 9.59 Å². The highest BCUT2D eigenvalue weighted by atomic mass is 35.5. The van der Waals surface area contributed by atoms with Crippen LogP contribution < -0.4 is 5.32 Å². The third-order valence-electron chi connectivity index (χ3n) is 6.23. The number of hydrogen-bond donors (Lipinski definition) is 1. The standard InChI is InChI=1S/C24H32Cl2N4O4/c1-6-34-23(32)19-18(13-29-10-11-30(15(4)12-29)22(31)14(2)3)28(5)24(33)27-21(19)16-8-7-9-17(25)20(16)26/h7-9,14-15,21H,6,10-13H2,1-5H3,(H,27,33). The number of carbonyl (C=O) groups is 3. The maximum Gasteiger partial charge on any atom is 0.338 e. The van der Waals surface area contributed by atoms with Crippen molar-refractivity contribution in [3.05, 3.63) is 45.1 Å². The van der Waals surface area contributed by atoms with Crippen molar-refractivity contribution >= 4 is 41.1 Å². The van der Waals surface area contributed by atoms with Gasteiger partial charge in [0.2, 0.25) is 5.91 Å². The summed E-state index contributed by atoms with van der Waals surface area (Å²) in [6.07, 6.45) is 0. The molecule has 3 rings (SSSR count). The molecule has 10 heteroatoms. The fourth-order valence-corrected chi connectivity index (χ4v) is 4.84. The second-order valence-electron chi connectivity index (χ2n) is 8.94. The summed E-state index contributed by atoms with van der Waals surface area (Å²) < 4.78 is 5.38. The number of likely N-dealkylation sites (N-methyl/N-ethyl adjacent to an activating group) is 1. The lowest BCUT2D eigenvalue weighted by Gasteiger charge is -2.43. The molecule has 2 aliphatic rings. The van der Waals surface area contributed by atoms with Gasteiger partial charge in [0, 0.05) is 50.9 Å². The van der Waals surface area contributed by atoms with E-state index in [9.17, 15) is 14.4 Å². The van der Waals surface area contributed by atoms with Crippen molar-refractivity contribution < 1.29 is 19.1 Å². The van der Waals surface area contributed by atoms with Crippen LogP contribution in [0.1, 0.15) is 39.3 Å². The van der Waals surface area contributed by atoms with Gasteiger partial charge in [-0.3, -0.25) is 14.6 Å². The Morgan fingerprint density at radius 2 is 1.94 bits per heavy atom. The lowest BCUT2D eigenvalue weighted by atomic mass is 9.94. The highest BCUT2D eigenvalue weighted by Crippen LogP contribution is 2.37. The van der Waals surface area contributed by atoms with Crippen molar-refractivity contribution in [2.75, 3.05) is 39.8 Å². The highest BCUT2D eigenvalue weighted by molar-refractivity contribution is 6.42. The second-order valence-corrected chi connectivity index (χ2v) is 9.72. The molecule has 1 aromatic rings. The van der Waals surface area contributed by atoms with E-state index in [-0.39, 0.29) is 35.5 Å². The second kappa shape index (κ2) is 11.0. The van der Waals surface area contributed by atoms with Crippen molar-refractivity contribution in [2.45, 2.75) is 39.8 Å². The van der Waals surface area contributed by atoms with Crippen LogP contribution in [-0.2, 0) is 14.3 Å². The van der Waals surface area contributed by atoms with Gasteiger partial charge >= 0.3 is 12.0 Å². The molecule has 0 aliphatic carbocycles. The molecule has 2 unspecified atom stereocenters. The zero-order chi connectivity index (χ0) is 25.2. The molecule has 0 bridgehead atoms. The van der Waals surface area contributed by atoms with E-state index in [4.69, 9.17) is 27.9 Å². The Morgan fingerprint density at radius 1 is 1.24 bits per heavy atom. The molecule has 0 saturated carbocycles. The van der Waals surface area contributed by atoms with E-state index in [1.807, 2.05) is 25.7 Å². The summed E-state index contributed by atoms with van der Waals surface area (Å²) in [5.74, 6) is -0.459. The van der Waals surface area contributed by atoms with Crippen molar-refractivity contribution in [2.24, 2.45) is 5.92 Å². The van der Waals surface area contributed by atoms with Gasteiger partial charge in [-0.1, -0.05) is 49.2 Å². The zero-order valence-electron chi connectivity index (χ0n) is 20.2. The van der Waals surface area contributed by atoms with Crippen LogP contribution in [0.4, 0.5) is 4.79 Å². The zero-order valence-corrected chi connectivity index (χ0v) is 21.7. The summed E-state index contributed by atoms with van der Waals surface area (Å²) in [6.45, 7) is 9.91. The van der Waals surface area contributed by atoms with Gasteiger partial charge in [0.25, 0.3) is 0 Å². The Bertz CT molecular complexity index is 997. The molecule has 0 spiro atoms. The number of halogens is 2. The fraction of sp³-hybridized carbons (Fsp3) is 0.542. The van der Waals surface area contributed by atoms with Crippen molar-refractivity contribution in [3.63, 3.8) is 0 Å². The molecule has 0 aromatic heterocycles. The number of hydrogen-bond acceptors (Lipinski definition) is 5. The van der Waals surface area contributed by atoms with Gasteiger partial charge in [0.1, 0.15) is 0 Å². The Hall–Kier alpha value is -2.29. The summed E-state index contributed by atoms with van der Waals surface area (Å²) in [4.78, 5) is 44.1. The number of amides is 3. The van der Waals surface area contributed by atoms with Crippen LogP contribution in [0, 0.1) is 5.92 Å². The Balaban J connectivity index is 1.98. The van der Waals surface area contributed by atoms with Crippen molar-refractivity contribution in [3.8, 4) is 0 Å². The molecule has 34 heavy (non-hydrogen) atoms. The SMILES string of the molecule is CCOC(=O)C1=C(CN2CCN(C(=O)C(C)C)C(C)C2)N(C)C(=O)NC1c1cccc(Cl)c1Cl. The molecule has 0 radical (unpaired) electrons. The summed E-state index contributed by atoms with van der Waals surface area (Å²) in [5, 5.41) is 3.47. The Kier molecular flexibility index (Phi) is 8.49. The third-order valence-corrected chi connectivity index (χ3v) is 7.06. The highest BCUT2D eigenvalue weighted by Gasteiger charge is 2.39. The van der Waals surface area contributed by atoms with E-state index in [0.717, 1.165) is 0 Å². The van der Waals surface area contributed by atoms with E-state index in [2.05, 4.69) is 10.2 Å². The van der Waals surface area contributed by atoms with E-state index in [0.29, 0.717) is 48.0 Å². The predicted molar refractivity (Wildman–Crippen MR) is 132 cm³/mol. The average molecular weight is 511 g/mol. The normalized spacial score (nSPS) is 21.7. The summed E-state index contributed by atoms with van der Waals surface area (Å²) in [6, 6.07) is 3.97. The van der Waals surface area contributed by atoms with Crippen LogP contribution in [0.3, 0.4) is 0 Å². The number of ether oxygens (including phenoxy) is 1. The minimum absolute atomic E-state index is 0.0104. The van der Waals surface area contributed by atoms with Gasteiger partial charge in [-0.2, -0.15) is 0 Å². The van der Waals surface area contributed by atoms with Gasteiger partial charge in [-0.15, -0.1) is 0 Å². The maximum atomic E-state index is 13.2. The van der Waals surface area contributed by atoms with E-state index >= 15 is 0 Å². The Labute approximate surface area is 210 Å². The first kappa shape index (κ1) is 26.3. The van der Waals surface area contributed by atoms with Crippen LogP contribution in [0.25, 0.3) is 0 Å². The predicted octanol–water partition coefficient (Wildman–Crippen LogP) is 3.70. The number of rotatable bonds is 6. The number of piperazine rings is 1. The quantitative estimate of drug-likeness (QED) is 0.590. The van der Waals surface area contributed by atoms with Crippen LogP contribution in [0.5, 0.6) is 0 Å². The molecule has 1 fully saturated rings. The van der Waals surface area contributed by atoms with Crippen LogP contribution in [-0.4, -0.2) is 78.5 Å². The number of carbonyl (C=O) groups excluding carboxylic acids is 3. The molecule has 2 aliphatic heterocycles. The largest absolute Gasteiger partial charge is 0.463 e. The average Bonchev–Trinajstić information content (AvgIpc) is 2.78. The molecule has 2 heterocycles. The molecule has 2 atom stereocenters. The third kappa shape index (κ3) is 5.34.